The Kier molecular flexibility index (Phi) is 4.61. The molecule has 0 saturated heterocycles. The molecular formula is C17H18N4O2S. The van der Waals surface area contributed by atoms with Crippen molar-refractivity contribution in [2.75, 3.05) is 24.3 Å². The van der Waals surface area contributed by atoms with Crippen LogP contribution in [-0.2, 0) is 11.2 Å². The minimum atomic E-state index is -0.173. The lowest BCUT2D eigenvalue weighted by Gasteiger charge is -2.12. The quantitative estimate of drug-likeness (QED) is 0.770. The number of anilines is 2. The van der Waals surface area contributed by atoms with Gasteiger partial charge in [-0.25, -0.2) is 9.97 Å². The number of aryl methyl sites for hydroxylation is 1. The highest BCUT2D eigenvalue weighted by Crippen LogP contribution is 2.24. The van der Waals surface area contributed by atoms with Crippen molar-refractivity contribution in [1.29, 1.82) is 0 Å². The lowest BCUT2D eigenvalue weighted by molar-refractivity contribution is -0.115. The number of aromatic nitrogens is 2. The fraction of sp³-hybridized carbons (Fsp3) is 0.235. The zero-order valence-electron chi connectivity index (χ0n) is 13.7. The molecule has 0 spiro atoms. The Morgan fingerprint density at radius 3 is 2.79 bits per heavy atom. The molecule has 0 atom stereocenters. The van der Waals surface area contributed by atoms with Gasteiger partial charge >= 0.3 is 0 Å². The molecule has 0 aliphatic heterocycles. The third-order valence-corrected chi connectivity index (χ3v) is 4.20. The predicted molar refractivity (Wildman–Crippen MR) is 95.5 cm³/mol. The van der Waals surface area contributed by atoms with Crippen LogP contribution in [0.2, 0.25) is 0 Å². The molecule has 3 heterocycles. The summed E-state index contributed by atoms with van der Waals surface area (Å²) in [6.45, 7) is 1.82. The van der Waals surface area contributed by atoms with Crippen molar-refractivity contribution in [3.05, 3.63) is 46.6 Å². The summed E-state index contributed by atoms with van der Waals surface area (Å²) in [5.74, 6) is 1.55. The Morgan fingerprint density at radius 1 is 1.33 bits per heavy atom. The summed E-state index contributed by atoms with van der Waals surface area (Å²) in [6, 6.07) is 5.62. The monoisotopic (exact) mass is 342 g/mol. The second-order valence-corrected chi connectivity index (χ2v) is 6.33. The summed E-state index contributed by atoms with van der Waals surface area (Å²) in [5, 5.41) is 6.71. The highest BCUT2D eigenvalue weighted by Gasteiger charge is 2.15. The molecule has 0 bridgehead atoms. The first-order chi connectivity index (χ1) is 11.5. The van der Waals surface area contributed by atoms with Crippen LogP contribution in [0.1, 0.15) is 11.5 Å². The maximum atomic E-state index is 12.2. The van der Waals surface area contributed by atoms with Crippen LogP contribution in [0.15, 0.2) is 39.6 Å². The van der Waals surface area contributed by atoms with Crippen LogP contribution in [0.5, 0.6) is 0 Å². The third-order valence-electron chi connectivity index (χ3n) is 3.52. The van der Waals surface area contributed by atoms with E-state index in [0.717, 1.165) is 11.3 Å². The Hall–Kier alpha value is -2.67. The molecule has 3 aromatic heterocycles. The van der Waals surface area contributed by atoms with Gasteiger partial charge < -0.3 is 14.6 Å². The lowest BCUT2D eigenvalue weighted by atomic mass is 10.2. The zero-order chi connectivity index (χ0) is 17.1. The van der Waals surface area contributed by atoms with Crippen LogP contribution in [0, 0.1) is 6.92 Å². The highest BCUT2D eigenvalue weighted by atomic mass is 32.1. The largest absolute Gasteiger partial charge is 0.441 e. The Morgan fingerprint density at radius 2 is 2.17 bits per heavy atom. The van der Waals surface area contributed by atoms with Gasteiger partial charge in [0, 0.05) is 25.0 Å². The van der Waals surface area contributed by atoms with Crippen LogP contribution in [0.3, 0.4) is 0 Å². The molecule has 7 heteroatoms. The van der Waals surface area contributed by atoms with Gasteiger partial charge in [-0.1, -0.05) is 0 Å². The van der Waals surface area contributed by atoms with Crippen molar-refractivity contribution < 1.29 is 9.21 Å². The number of nitrogens with zero attached hydrogens (tertiary/aromatic N) is 3. The predicted octanol–water partition coefficient (Wildman–Crippen LogP) is 3.35. The maximum Gasteiger partial charge on any atom is 0.231 e. The SMILES string of the molecule is Cc1oc(-c2ccsc2)nc1CC(=O)Nc1ccc(N(C)C)cn1. The number of oxazole rings is 1. The fourth-order valence-corrected chi connectivity index (χ4v) is 2.80. The van der Waals surface area contributed by atoms with Gasteiger partial charge in [0.15, 0.2) is 0 Å². The maximum absolute atomic E-state index is 12.2. The van der Waals surface area contributed by atoms with Gasteiger partial charge in [0.05, 0.1) is 24.0 Å². The molecule has 1 amide bonds. The van der Waals surface area contributed by atoms with Gasteiger partial charge in [-0.15, -0.1) is 0 Å². The highest BCUT2D eigenvalue weighted by molar-refractivity contribution is 7.08. The number of hydrogen-bond acceptors (Lipinski definition) is 6. The summed E-state index contributed by atoms with van der Waals surface area (Å²) in [7, 11) is 3.88. The second kappa shape index (κ2) is 6.84. The number of rotatable bonds is 5. The molecule has 24 heavy (non-hydrogen) atoms. The molecule has 0 radical (unpaired) electrons. The molecule has 3 aromatic rings. The van der Waals surface area contributed by atoms with Crippen LogP contribution in [-0.4, -0.2) is 30.0 Å². The van der Waals surface area contributed by atoms with E-state index >= 15 is 0 Å². The van der Waals surface area contributed by atoms with Crippen molar-refractivity contribution in [1.82, 2.24) is 9.97 Å². The number of thiophene rings is 1. The van der Waals surface area contributed by atoms with E-state index in [0.29, 0.717) is 23.2 Å². The van der Waals surface area contributed by atoms with Crippen LogP contribution in [0.25, 0.3) is 11.5 Å². The third kappa shape index (κ3) is 3.62. The molecule has 0 saturated carbocycles. The Labute approximate surface area is 144 Å². The van der Waals surface area contributed by atoms with Crippen molar-refractivity contribution in [2.24, 2.45) is 0 Å². The standard InChI is InChI=1S/C17H18N4O2S/c1-11-14(19-17(23-11)12-6-7-24-10-12)8-16(22)20-15-5-4-13(9-18-15)21(2)3/h4-7,9-10H,8H2,1-3H3,(H,18,20,22). The summed E-state index contributed by atoms with van der Waals surface area (Å²) < 4.78 is 5.65. The first kappa shape index (κ1) is 16.2. The van der Waals surface area contributed by atoms with E-state index < -0.39 is 0 Å². The lowest BCUT2D eigenvalue weighted by Crippen LogP contribution is -2.16. The normalized spacial score (nSPS) is 10.6. The van der Waals surface area contributed by atoms with Crippen LogP contribution in [0.4, 0.5) is 11.5 Å². The van der Waals surface area contributed by atoms with Gasteiger partial charge in [0.2, 0.25) is 11.8 Å². The smallest absolute Gasteiger partial charge is 0.231 e. The molecule has 3 rings (SSSR count). The number of nitrogens with one attached hydrogen (secondary N) is 1. The van der Waals surface area contributed by atoms with E-state index in [1.807, 2.05) is 48.8 Å². The van der Waals surface area contributed by atoms with Crippen molar-refractivity contribution in [3.8, 4) is 11.5 Å². The van der Waals surface area contributed by atoms with E-state index in [4.69, 9.17) is 4.42 Å². The number of carbonyl (C=O) groups excluding carboxylic acids is 1. The average Bonchev–Trinajstić information content (AvgIpc) is 3.18. The summed E-state index contributed by atoms with van der Waals surface area (Å²) in [5.41, 5.74) is 2.54. The summed E-state index contributed by atoms with van der Waals surface area (Å²) in [6.07, 6.45) is 1.86. The number of amides is 1. The molecule has 0 aliphatic carbocycles. The first-order valence-electron chi connectivity index (χ1n) is 7.45. The second-order valence-electron chi connectivity index (χ2n) is 5.55. The van der Waals surface area contributed by atoms with Gasteiger partial charge in [0.25, 0.3) is 0 Å². The van der Waals surface area contributed by atoms with Gasteiger partial charge in [0.1, 0.15) is 11.6 Å². The number of hydrogen-bond donors (Lipinski definition) is 1. The van der Waals surface area contributed by atoms with E-state index in [9.17, 15) is 4.79 Å². The average molecular weight is 342 g/mol. The number of pyridine rings is 1. The topological polar surface area (TPSA) is 71.3 Å². The van der Waals surface area contributed by atoms with Crippen molar-refractivity contribution >= 4 is 28.7 Å². The van der Waals surface area contributed by atoms with E-state index in [1.54, 1.807) is 23.6 Å². The zero-order valence-corrected chi connectivity index (χ0v) is 14.6. The van der Waals surface area contributed by atoms with Gasteiger partial charge in [-0.3, -0.25) is 4.79 Å². The Bertz CT molecular complexity index is 823. The fourth-order valence-electron chi connectivity index (χ4n) is 2.17. The minimum absolute atomic E-state index is 0.149. The first-order valence-corrected chi connectivity index (χ1v) is 8.39. The number of carbonyl (C=O) groups is 1. The van der Waals surface area contributed by atoms with Crippen molar-refractivity contribution in [2.45, 2.75) is 13.3 Å². The molecule has 0 aliphatic rings. The van der Waals surface area contributed by atoms with Gasteiger partial charge in [-0.05, 0) is 30.5 Å². The summed E-state index contributed by atoms with van der Waals surface area (Å²) >= 11 is 1.58. The molecule has 0 aromatic carbocycles. The van der Waals surface area contributed by atoms with Crippen molar-refractivity contribution in [3.63, 3.8) is 0 Å². The molecule has 124 valence electrons. The molecule has 0 fully saturated rings. The van der Waals surface area contributed by atoms with E-state index in [2.05, 4.69) is 15.3 Å². The van der Waals surface area contributed by atoms with E-state index in [1.165, 1.54) is 0 Å². The minimum Gasteiger partial charge on any atom is -0.441 e. The molecule has 1 N–H and O–H groups in total. The van der Waals surface area contributed by atoms with Crippen LogP contribution >= 0.6 is 11.3 Å². The van der Waals surface area contributed by atoms with Crippen LogP contribution < -0.4 is 10.2 Å². The molecule has 0 unspecified atom stereocenters. The summed E-state index contributed by atoms with van der Waals surface area (Å²) in [4.78, 5) is 22.8. The molecular weight excluding hydrogens is 324 g/mol. The van der Waals surface area contributed by atoms with E-state index in [-0.39, 0.29) is 12.3 Å². The molecule has 6 nitrogen and oxygen atoms in total. The Balaban J connectivity index is 1.66. The van der Waals surface area contributed by atoms with Gasteiger partial charge in [-0.2, -0.15) is 11.3 Å².